The van der Waals surface area contributed by atoms with E-state index in [1.807, 2.05) is 0 Å². The van der Waals surface area contributed by atoms with E-state index < -0.39 is 29.8 Å². The number of amides is 1. The maximum absolute atomic E-state index is 13.3. The Morgan fingerprint density at radius 2 is 2.00 bits per heavy atom. The van der Waals surface area contributed by atoms with Crippen molar-refractivity contribution in [3.05, 3.63) is 0 Å². The summed E-state index contributed by atoms with van der Waals surface area (Å²) < 4.78 is 18.4. The van der Waals surface area contributed by atoms with Gasteiger partial charge < -0.3 is 14.7 Å². The van der Waals surface area contributed by atoms with Crippen molar-refractivity contribution < 1.29 is 23.8 Å². The Hall–Kier alpha value is -1.33. The molecule has 1 saturated heterocycles. The first kappa shape index (κ1) is 13.7. The summed E-state index contributed by atoms with van der Waals surface area (Å²) in [6.07, 6.45) is -1.95. The van der Waals surface area contributed by atoms with Crippen LogP contribution in [0.15, 0.2) is 0 Å². The number of carbonyl (C=O) groups is 2. The first-order chi connectivity index (χ1) is 7.70. The van der Waals surface area contributed by atoms with Crippen molar-refractivity contribution in [2.75, 3.05) is 13.1 Å². The van der Waals surface area contributed by atoms with Crippen LogP contribution >= 0.6 is 0 Å². The number of ether oxygens (including phenoxy) is 1. The summed E-state index contributed by atoms with van der Waals surface area (Å²) in [6, 6.07) is 0. The molecule has 2 atom stereocenters. The van der Waals surface area contributed by atoms with Crippen molar-refractivity contribution in [3.63, 3.8) is 0 Å². The van der Waals surface area contributed by atoms with Gasteiger partial charge in [-0.05, 0) is 27.2 Å². The maximum atomic E-state index is 13.3. The minimum Gasteiger partial charge on any atom is -0.481 e. The van der Waals surface area contributed by atoms with E-state index >= 15 is 0 Å². The summed E-state index contributed by atoms with van der Waals surface area (Å²) in [5.41, 5.74) is -0.637. The van der Waals surface area contributed by atoms with Gasteiger partial charge in [-0.25, -0.2) is 9.18 Å². The number of carboxylic acid groups (broad SMARTS) is 1. The van der Waals surface area contributed by atoms with Gasteiger partial charge in [-0.1, -0.05) is 0 Å². The smallest absolute Gasteiger partial charge is 0.410 e. The molecule has 1 N–H and O–H groups in total. The lowest BCUT2D eigenvalue weighted by Crippen LogP contribution is -2.48. The molecule has 1 fully saturated rings. The van der Waals surface area contributed by atoms with Crippen molar-refractivity contribution in [1.29, 1.82) is 0 Å². The second-order valence-corrected chi connectivity index (χ2v) is 5.18. The van der Waals surface area contributed by atoms with Crippen LogP contribution in [0.1, 0.15) is 27.2 Å². The molecule has 0 unspecified atom stereocenters. The summed E-state index contributed by atoms with van der Waals surface area (Å²) in [7, 11) is 0. The van der Waals surface area contributed by atoms with E-state index in [1.54, 1.807) is 20.8 Å². The zero-order valence-electron chi connectivity index (χ0n) is 10.3. The number of likely N-dealkylation sites (tertiary alicyclic amines) is 1. The Balaban J connectivity index is 2.62. The molecule has 0 aromatic carbocycles. The van der Waals surface area contributed by atoms with E-state index in [9.17, 15) is 14.0 Å². The fourth-order valence-corrected chi connectivity index (χ4v) is 1.65. The summed E-state index contributed by atoms with van der Waals surface area (Å²) in [5, 5.41) is 8.82. The van der Waals surface area contributed by atoms with E-state index in [1.165, 1.54) is 4.90 Å². The maximum Gasteiger partial charge on any atom is 0.410 e. The number of hydrogen-bond acceptors (Lipinski definition) is 3. The van der Waals surface area contributed by atoms with Gasteiger partial charge in [-0.3, -0.25) is 4.79 Å². The standard InChI is InChI=1S/C11H18FNO4/c1-11(2,3)17-10(16)13-5-4-8(12)7(6-13)9(14)15/h7-8H,4-6H2,1-3H3,(H,14,15)/t7-,8+/m1/s1. The van der Waals surface area contributed by atoms with Crippen molar-refractivity contribution in [3.8, 4) is 0 Å². The van der Waals surface area contributed by atoms with E-state index in [2.05, 4.69) is 0 Å². The van der Waals surface area contributed by atoms with E-state index in [0.29, 0.717) is 0 Å². The molecule has 0 saturated carbocycles. The van der Waals surface area contributed by atoms with Gasteiger partial charge in [0.05, 0.1) is 0 Å². The third kappa shape index (κ3) is 3.87. The minimum absolute atomic E-state index is 0.0379. The Bertz CT molecular complexity index is 313. The molecule has 0 aromatic heterocycles. The summed E-state index contributed by atoms with van der Waals surface area (Å²) in [4.78, 5) is 23.7. The Labute approximate surface area is 99.5 Å². The lowest BCUT2D eigenvalue weighted by atomic mass is 9.96. The molecular weight excluding hydrogens is 229 g/mol. The van der Waals surface area contributed by atoms with Crippen molar-refractivity contribution in [2.24, 2.45) is 5.92 Å². The quantitative estimate of drug-likeness (QED) is 0.765. The van der Waals surface area contributed by atoms with Gasteiger partial charge in [0.1, 0.15) is 17.7 Å². The lowest BCUT2D eigenvalue weighted by Gasteiger charge is -2.34. The first-order valence-corrected chi connectivity index (χ1v) is 5.55. The second kappa shape index (κ2) is 4.89. The van der Waals surface area contributed by atoms with Crippen molar-refractivity contribution >= 4 is 12.1 Å². The van der Waals surface area contributed by atoms with Crippen LogP contribution in [-0.4, -0.2) is 46.9 Å². The molecule has 0 aromatic rings. The summed E-state index contributed by atoms with van der Waals surface area (Å²) in [5.74, 6) is -2.37. The molecule has 0 spiro atoms. The second-order valence-electron chi connectivity index (χ2n) is 5.18. The molecule has 6 heteroatoms. The predicted octanol–water partition coefficient (Wildman–Crippen LogP) is 1.67. The highest BCUT2D eigenvalue weighted by Gasteiger charge is 2.37. The van der Waals surface area contributed by atoms with Crippen LogP contribution in [0.4, 0.5) is 9.18 Å². The number of nitrogens with zero attached hydrogens (tertiary/aromatic N) is 1. The minimum atomic E-state index is -1.40. The van der Waals surface area contributed by atoms with Crippen LogP contribution in [0.3, 0.4) is 0 Å². The molecule has 5 nitrogen and oxygen atoms in total. The lowest BCUT2D eigenvalue weighted by molar-refractivity contribution is -0.146. The van der Waals surface area contributed by atoms with Crippen LogP contribution < -0.4 is 0 Å². The SMILES string of the molecule is CC(C)(C)OC(=O)N1CC[C@H](F)[C@H](C(=O)O)C1. The number of piperidine rings is 1. The van der Waals surface area contributed by atoms with Crippen LogP contribution in [0.25, 0.3) is 0 Å². The van der Waals surface area contributed by atoms with Gasteiger partial charge in [0.15, 0.2) is 0 Å². The largest absolute Gasteiger partial charge is 0.481 e. The third-order valence-electron chi connectivity index (χ3n) is 2.50. The zero-order valence-corrected chi connectivity index (χ0v) is 10.3. The summed E-state index contributed by atoms with van der Waals surface area (Å²) in [6.45, 7) is 5.23. The Kier molecular flexibility index (Phi) is 3.95. The van der Waals surface area contributed by atoms with Crippen LogP contribution in [0.5, 0.6) is 0 Å². The van der Waals surface area contributed by atoms with E-state index in [0.717, 1.165) is 0 Å². The van der Waals surface area contributed by atoms with Gasteiger partial charge >= 0.3 is 12.1 Å². The molecule has 1 rings (SSSR count). The zero-order chi connectivity index (χ0) is 13.2. The number of halogens is 1. The summed E-state index contributed by atoms with van der Waals surface area (Å²) >= 11 is 0. The molecule has 0 aliphatic carbocycles. The Morgan fingerprint density at radius 1 is 1.41 bits per heavy atom. The molecule has 98 valence electrons. The average Bonchev–Trinajstić information content (AvgIpc) is 2.14. The Morgan fingerprint density at radius 3 is 2.47 bits per heavy atom. The number of carboxylic acids is 1. The molecule has 1 amide bonds. The normalized spacial score (nSPS) is 25.5. The number of rotatable bonds is 1. The topological polar surface area (TPSA) is 66.8 Å². The average molecular weight is 247 g/mol. The first-order valence-electron chi connectivity index (χ1n) is 5.55. The molecule has 1 aliphatic heterocycles. The van der Waals surface area contributed by atoms with E-state index in [-0.39, 0.29) is 19.5 Å². The number of carbonyl (C=O) groups excluding carboxylic acids is 1. The van der Waals surface area contributed by atoms with Gasteiger partial charge in [-0.2, -0.15) is 0 Å². The molecule has 1 heterocycles. The highest BCUT2D eigenvalue weighted by Crippen LogP contribution is 2.22. The van der Waals surface area contributed by atoms with Crippen LogP contribution in [0, 0.1) is 5.92 Å². The molecule has 0 radical (unpaired) electrons. The molecule has 0 bridgehead atoms. The number of alkyl halides is 1. The molecule has 17 heavy (non-hydrogen) atoms. The van der Waals surface area contributed by atoms with Gasteiger partial charge in [0.25, 0.3) is 0 Å². The van der Waals surface area contributed by atoms with Crippen molar-refractivity contribution in [1.82, 2.24) is 4.90 Å². The van der Waals surface area contributed by atoms with E-state index in [4.69, 9.17) is 9.84 Å². The van der Waals surface area contributed by atoms with Crippen LogP contribution in [0.2, 0.25) is 0 Å². The number of aliphatic carboxylic acids is 1. The fourth-order valence-electron chi connectivity index (χ4n) is 1.65. The highest BCUT2D eigenvalue weighted by atomic mass is 19.1. The highest BCUT2D eigenvalue weighted by molar-refractivity contribution is 5.74. The molecular formula is C11H18FNO4. The number of hydrogen-bond donors (Lipinski definition) is 1. The third-order valence-corrected chi connectivity index (χ3v) is 2.50. The predicted molar refractivity (Wildman–Crippen MR) is 58.4 cm³/mol. The van der Waals surface area contributed by atoms with Crippen molar-refractivity contribution in [2.45, 2.75) is 39.0 Å². The molecule has 1 aliphatic rings. The fraction of sp³-hybridized carbons (Fsp3) is 0.818. The van der Waals surface area contributed by atoms with Crippen LogP contribution in [-0.2, 0) is 9.53 Å². The van der Waals surface area contributed by atoms with Gasteiger partial charge in [0.2, 0.25) is 0 Å². The van der Waals surface area contributed by atoms with Gasteiger partial charge in [0, 0.05) is 13.1 Å². The monoisotopic (exact) mass is 247 g/mol. The van der Waals surface area contributed by atoms with Gasteiger partial charge in [-0.15, -0.1) is 0 Å².